The first-order chi connectivity index (χ1) is 4.41. The molecule has 0 aliphatic rings. The molecular formula is C7H20N2. The predicted molar refractivity (Wildman–Crippen MR) is 43.6 cm³/mol. The Morgan fingerprint density at radius 2 is 1.78 bits per heavy atom. The molecular weight excluding hydrogens is 112 g/mol. The molecule has 0 atom stereocenters. The fourth-order valence-corrected chi connectivity index (χ4v) is 0.479. The summed E-state index contributed by atoms with van der Waals surface area (Å²) in [5.41, 5.74) is 4.50. The highest BCUT2D eigenvalue weighted by molar-refractivity contribution is 4.39. The number of rotatable bonds is 4. The molecule has 0 spiro atoms. The molecule has 0 bridgehead atoms. The van der Waals surface area contributed by atoms with Gasteiger partial charge in [0.2, 0.25) is 0 Å². The molecule has 0 unspecified atom stereocenters. The van der Waals surface area contributed by atoms with Crippen LogP contribution in [0, 0.1) is 0 Å². The van der Waals surface area contributed by atoms with Crippen molar-refractivity contribution in [3.05, 3.63) is 0 Å². The second-order valence-corrected chi connectivity index (χ2v) is 1.71. The van der Waals surface area contributed by atoms with Gasteiger partial charge in [-0.1, -0.05) is 20.3 Å². The Morgan fingerprint density at radius 1 is 1.22 bits per heavy atom. The van der Waals surface area contributed by atoms with E-state index in [0.29, 0.717) is 0 Å². The molecule has 0 amide bonds. The molecule has 2 nitrogen and oxygen atoms in total. The van der Waals surface area contributed by atoms with Crippen LogP contribution < -0.4 is 11.1 Å². The fourth-order valence-electron chi connectivity index (χ4n) is 0.479. The fraction of sp³-hybridized carbons (Fsp3) is 1.00. The van der Waals surface area contributed by atoms with Crippen LogP contribution in [-0.2, 0) is 0 Å². The quantitative estimate of drug-likeness (QED) is 0.559. The van der Waals surface area contributed by atoms with E-state index < -0.39 is 0 Å². The van der Waals surface area contributed by atoms with Crippen molar-refractivity contribution in [2.75, 3.05) is 20.1 Å². The predicted octanol–water partition coefficient (Wildman–Crippen LogP) is 0.971. The average Bonchev–Trinajstić information content (AvgIpc) is 1.94. The molecule has 0 saturated carbocycles. The molecule has 9 heavy (non-hydrogen) atoms. The molecule has 0 aliphatic carbocycles. The van der Waals surface area contributed by atoms with Gasteiger partial charge >= 0.3 is 0 Å². The molecule has 0 aromatic rings. The van der Waals surface area contributed by atoms with E-state index in [1.54, 1.807) is 0 Å². The molecule has 0 aromatic carbocycles. The standard InChI is InChI=1S/C6H15N.CH5N/c1-3-5-6-7-4-2;1-2/h7H,3-6H2,1-2H3;2H2,1H3. The third-order valence-electron chi connectivity index (χ3n) is 0.957. The zero-order valence-electron chi connectivity index (χ0n) is 6.91. The lowest BCUT2D eigenvalue weighted by molar-refractivity contribution is 0.663. The summed E-state index contributed by atoms with van der Waals surface area (Å²) in [6.07, 6.45) is 2.61. The minimum Gasteiger partial charge on any atom is -0.333 e. The minimum absolute atomic E-state index is 1.11. The van der Waals surface area contributed by atoms with Gasteiger partial charge in [0.05, 0.1) is 0 Å². The van der Waals surface area contributed by atoms with Crippen LogP contribution in [0.15, 0.2) is 0 Å². The van der Waals surface area contributed by atoms with Crippen LogP contribution >= 0.6 is 0 Å². The number of hydrogen-bond donors (Lipinski definition) is 2. The van der Waals surface area contributed by atoms with Gasteiger partial charge in [-0.25, -0.2) is 0 Å². The van der Waals surface area contributed by atoms with E-state index in [9.17, 15) is 0 Å². The van der Waals surface area contributed by atoms with Crippen LogP contribution in [0.2, 0.25) is 0 Å². The first kappa shape index (κ1) is 11.7. The molecule has 3 N–H and O–H groups in total. The van der Waals surface area contributed by atoms with E-state index in [1.165, 1.54) is 26.4 Å². The summed E-state index contributed by atoms with van der Waals surface area (Å²) in [7, 11) is 1.50. The highest BCUT2D eigenvalue weighted by Gasteiger charge is 1.77. The lowest BCUT2D eigenvalue weighted by atomic mass is 10.3. The van der Waals surface area contributed by atoms with Crippen LogP contribution in [0.4, 0.5) is 0 Å². The van der Waals surface area contributed by atoms with Crippen molar-refractivity contribution in [3.8, 4) is 0 Å². The monoisotopic (exact) mass is 132 g/mol. The summed E-state index contributed by atoms with van der Waals surface area (Å²) in [4.78, 5) is 0. The summed E-state index contributed by atoms with van der Waals surface area (Å²) in [6.45, 7) is 6.64. The summed E-state index contributed by atoms with van der Waals surface area (Å²) in [6, 6.07) is 0. The Kier molecular flexibility index (Phi) is 20.3. The van der Waals surface area contributed by atoms with Gasteiger partial charge in [-0.05, 0) is 26.6 Å². The Morgan fingerprint density at radius 3 is 2.11 bits per heavy atom. The Balaban J connectivity index is 0. The second-order valence-electron chi connectivity index (χ2n) is 1.71. The van der Waals surface area contributed by atoms with Gasteiger partial charge in [0, 0.05) is 0 Å². The Labute approximate surface area is 58.8 Å². The van der Waals surface area contributed by atoms with E-state index in [-0.39, 0.29) is 0 Å². The molecule has 0 rings (SSSR count). The topological polar surface area (TPSA) is 38.0 Å². The Hall–Kier alpha value is -0.0800. The molecule has 0 aromatic heterocycles. The van der Waals surface area contributed by atoms with Crippen LogP contribution in [0.3, 0.4) is 0 Å². The van der Waals surface area contributed by atoms with Crippen LogP contribution in [0.25, 0.3) is 0 Å². The maximum atomic E-state index is 4.50. The third kappa shape index (κ3) is 18.1. The number of hydrogen-bond acceptors (Lipinski definition) is 2. The van der Waals surface area contributed by atoms with Gasteiger partial charge in [0.15, 0.2) is 0 Å². The number of nitrogens with one attached hydrogen (secondary N) is 1. The molecule has 0 aliphatic heterocycles. The SMILES string of the molecule is CCCCNCC.CN. The number of nitrogens with two attached hydrogens (primary N) is 1. The normalized spacial score (nSPS) is 8.00. The average molecular weight is 132 g/mol. The minimum atomic E-state index is 1.11. The first-order valence-corrected chi connectivity index (χ1v) is 3.70. The van der Waals surface area contributed by atoms with E-state index in [1.807, 2.05) is 0 Å². The zero-order chi connectivity index (χ0) is 7.54. The van der Waals surface area contributed by atoms with E-state index in [4.69, 9.17) is 0 Å². The van der Waals surface area contributed by atoms with Gasteiger partial charge in [-0.2, -0.15) is 0 Å². The molecule has 0 fully saturated rings. The van der Waals surface area contributed by atoms with E-state index in [0.717, 1.165) is 6.54 Å². The van der Waals surface area contributed by atoms with E-state index >= 15 is 0 Å². The highest BCUT2D eigenvalue weighted by Crippen LogP contribution is 1.80. The van der Waals surface area contributed by atoms with Crippen molar-refractivity contribution in [2.24, 2.45) is 5.73 Å². The molecule has 0 saturated heterocycles. The summed E-state index contributed by atoms with van der Waals surface area (Å²) in [5, 5.41) is 3.25. The largest absolute Gasteiger partial charge is 0.333 e. The second kappa shape index (κ2) is 15.7. The summed E-state index contributed by atoms with van der Waals surface area (Å²) < 4.78 is 0. The number of unbranched alkanes of at least 4 members (excludes halogenated alkanes) is 1. The molecule has 0 heterocycles. The van der Waals surface area contributed by atoms with Crippen LogP contribution in [0.5, 0.6) is 0 Å². The third-order valence-corrected chi connectivity index (χ3v) is 0.957. The van der Waals surface area contributed by atoms with E-state index in [2.05, 4.69) is 24.9 Å². The van der Waals surface area contributed by atoms with Crippen molar-refractivity contribution in [1.29, 1.82) is 0 Å². The van der Waals surface area contributed by atoms with Crippen LogP contribution in [0.1, 0.15) is 26.7 Å². The smallest absolute Gasteiger partial charge is 0.00491 e. The lowest BCUT2D eigenvalue weighted by Crippen LogP contribution is -2.13. The van der Waals surface area contributed by atoms with Crippen molar-refractivity contribution in [3.63, 3.8) is 0 Å². The van der Waals surface area contributed by atoms with Crippen molar-refractivity contribution in [1.82, 2.24) is 5.32 Å². The van der Waals surface area contributed by atoms with Gasteiger partial charge in [-0.15, -0.1) is 0 Å². The lowest BCUT2D eigenvalue weighted by Gasteiger charge is -1.95. The maximum Gasteiger partial charge on any atom is -0.00491 e. The molecule has 0 radical (unpaired) electrons. The van der Waals surface area contributed by atoms with Crippen molar-refractivity contribution < 1.29 is 0 Å². The summed E-state index contributed by atoms with van der Waals surface area (Å²) >= 11 is 0. The summed E-state index contributed by atoms with van der Waals surface area (Å²) in [5.74, 6) is 0. The Bertz CT molecular complexity index is 26.1. The molecule has 2 heteroatoms. The van der Waals surface area contributed by atoms with Gasteiger partial charge < -0.3 is 11.1 Å². The van der Waals surface area contributed by atoms with Crippen molar-refractivity contribution >= 4 is 0 Å². The van der Waals surface area contributed by atoms with Crippen LogP contribution in [-0.4, -0.2) is 20.1 Å². The maximum absolute atomic E-state index is 4.50. The van der Waals surface area contributed by atoms with Gasteiger partial charge in [-0.3, -0.25) is 0 Å². The first-order valence-electron chi connectivity index (χ1n) is 3.70. The zero-order valence-corrected chi connectivity index (χ0v) is 6.91. The van der Waals surface area contributed by atoms with Gasteiger partial charge in [0.25, 0.3) is 0 Å². The van der Waals surface area contributed by atoms with Gasteiger partial charge in [0.1, 0.15) is 0 Å². The highest BCUT2D eigenvalue weighted by atomic mass is 14.8. The van der Waals surface area contributed by atoms with Crippen molar-refractivity contribution in [2.45, 2.75) is 26.7 Å². The molecule has 58 valence electrons.